The molecule has 2 N–H and O–H groups in total. The quantitative estimate of drug-likeness (QED) is 0.854. The summed E-state index contributed by atoms with van der Waals surface area (Å²) in [4.78, 5) is 15.9. The molecule has 0 fully saturated rings. The Morgan fingerprint density at radius 2 is 2.18 bits per heavy atom. The van der Waals surface area contributed by atoms with Gasteiger partial charge in [0.15, 0.2) is 5.82 Å². The van der Waals surface area contributed by atoms with Gasteiger partial charge in [0, 0.05) is 19.2 Å². The van der Waals surface area contributed by atoms with Crippen LogP contribution in [0.25, 0.3) is 0 Å². The third-order valence-electron chi connectivity index (χ3n) is 2.99. The van der Waals surface area contributed by atoms with Crippen molar-refractivity contribution in [2.24, 2.45) is 5.92 Å². The number of carbonyl (C=O) groups is 1. The summed E-state index contributed by atoms with van der Waals surface area (Å²) in [5.41, 5.74) is 1.22. The first-order valence-corrected chi connectivity index (χ1v) is 7.44. The maximum absolute atomic E-state index is 11.6. The van der Waals surface area contributed by atoms with E-state index in [1.165, 1.54) is 0 Å². The smallest absolute Gasteiger partial charge is 0.252 e. The molecule has 6 nitrogen and oxygen atoms in total. The normalized spacial score (nSPS) is 10.8. The zero-order valence-electron chi connectivity index (χ0n) is 12.8. The van der Waals surface area contributed by atoms with E-state index in [1.807, 2.05) is 0 Å². The highest BCUT2D eigenvalue weighted by Gasteiger charge is 2.10. The summed E-state index contributed by atoms with van der Waals surface area (Å²) in [5.74, 6) is 1.49. The molecule has 0 atom stereocenters. The van der Waals surface area contributed by atoms with Crippen LogP contribution in [0, 0.1) is 5.92 Å². The lowest BCUT2D eigenvalue weighted by Gasteiger charge is -2.07. The SMILES string of the molecule is CNC(=O)c1ccc(NCc2nc(CC(C)C)no2)cc1Cl. The summed E-state index contributed by atoms with van der Waals surface area (Å²) < 4.78 is 5.18. The molecule has 0 aliphatic rings. The Labute approximate surface area is 134 Å². The van der Waals surface area contributed by atoms with Crippen LogP contribution in [0.2, 0.25) is 5.02 Å². The van der Waals surface area contributed by atoms with Crippen LogP contribution in [0.1, 0.15) is 35.9 Å². The molecule has 0 unspecified atom stereocenters. The molecule has 1 heterocycles. The molecule has 1 aromatic carbocycles. The molecule has 0 bridgehead atoms. The molecule has 0 aliphatic carbocycles. The summed E-state index contributed by atoms with van der Waals surface area (Å²) in [6.07, 6.45) is 0.788. The van der Waals surface area contributed by atoms with Gasteiger partial charge in [-0.05, 0) is 24.1 Å². The highest BCUT2D eigenvalue weighted by Crippen LogP contribution is 2.21. The van der Waals surface area contributed by atoms with Crippen LogP contribution in [-0.2, 0) is 13.0 Å². The van der Waals surface area contributed by atoms with Gasteiger partial charge in [-0.1, -0.05) is 30.6 Å². The first-order valence-electron chi connectivity index (χ1n) is 7.06. The second-order valence-corrected chi connectivity index (χ2v) is 5.74. The van der Waals surface area contributed by atoms with Crippen molar-refractivity contribution >= 4 is 23.2 Å². The summed E-state index contributed by atoms with van der Waals surface area (Å²) >= 11 is 6.09. The summed E-state index contributed by atoms with van der Waals surface area (Å²) in [5, 5.41) is 9.99. The number of rotatable bonds is 6. The van der Waals surface area contributed by atoms with E-state index in [4.69, 9.17) is 16.1 Å². The molecule has 1 amide bonds. The first kappa shape index (κ1) is 16.3. The molecule has 0 aliphatic heterocycles. The van der Waals surface area contributed by atoms with E-state index >= 15 is 0 Å². The van der Waals surface area contributed by atoms with E-state index in [9.17, 15) is 4.79 Å². The van der Waals surface area contributed by atoms with Crippen LogP contribution in [0.5, 0.6) is 0 Å². The van der Waals surface area contributed by atoms with Crippen molar-refractivity contribution in [1.29, 1.82) is 0 Å². The van der Waals surface area contributed by atoms with Crippen molar-refractivity contribution in [2.45, 2.75) is 26.8 Å². The minimum Gasteiger partial charge on any atom is -0.376 e. The van der Waals surface area contributed by atoms with Crippen molar-refractivity contribution in [1.82, 2.24) is 15.5 Å². The van der Waals surface area contributed by atoms with Crippen LogP contribution in [-0.4, -0.2) is 23.1 Å². The van der Waals surface area contributed by atoms with Crippen molar-refractivity contribution in [3.8, 4) is 0 Å². The number of nitrogens with zero attached hydrogens (tertiary/aromatic N) is 2. The molecular formula is C15H19ClN4O2. The lowest BCUT2D eigenvalue weighted by Crippen LogP contribution is -2.18. The largest absolute Gasteiger partial charge is 0.376 e. The third kappa shape index (κ3) is 4.21. The minimum atomic E-state index is -0.216. The molecule has 7 heteroatoms. The Hall–Kier alpha value is -2.08. The number of amides is 1. The van der Waals surface area contributed by atoms with Gasteiger partial charge in [-0.3, -0.25) is 4.79 Å². The number of hydrogen-bond donors (Lipinski definition) is 2. The maximum atomic E-state index is 11.6. The molecule has 118 valence electrons. The highest BCUT2D eigenvalue weighted by atomic mass is 35.5. The Morgan fingerprint density at radius 3 is 2.82 bits per heavy atom. The molecule has 0 spiro atoms. The molecule has 0 radical (unpaired) electrons. The zero-order chi connectivity index (χ0) is 16.1. The van der Waals surface area contributed by atoms with Gasteiger partial charge in [0.05, 0.1) is 17.1 Å². The number of anilines is 1. The van der Waals surface area contributed by atoms with Gasteiger partial charge in [-0.2, -0.15) is 4.98 Å². The van der Waals surface area contributed by atoms with Gasteiger partial charge >= 0.3 is 0 Å². The molecule has 22 heavy (non-hydrogen) atoms. The fraction of sp³-hybridized carbons (Fsp3) is 0.400. The standard InChI is InChI=1S/C15H19ClN4O2/c1-9(2)6-13-19-14(22-20-13)8-18-10-4-5-11(12(16)7-10)15(21)17-3/h4-5,7,9,18H,6,8H2,1-3H3,(H,17,21). The average Bonchev–Trinajstić information content (AvgIpc) is 2.91. The van der Waals surface area contributed by atoms with E-state index < -0.39 is 0 Å². The lowest BCUT2D eigenvalue weighted by atomic mass is 10.1. The Bertz CT molecular complexity index is 655. The second-order valence-electron chi connectivity index (χ2n) is 5.33. The van der Waals surface area contributed by atoms with Gasteiger partial charge < -0.3 is 15.2 Å². The number of aromatic nitrogens is 2. The lowest BCUT2D eigenvalue weighted by molar-refractivity contribution is 0.0963. The topological polar surface area (TPSA) is 80.0 Å². The molecule has 1 aromatic heterocycles. The molecule has 2 rings (SSSR count). The third-order valence-corrected chi connectivity index (χ3v) is 3.30. The van der Waals surface area contributed by atoms with Crippen molar-refractivity contribution < 1.29 is 9.32 Å². The molecule has 0 saturated heterocycles. The van der Waals surface area contributed by atoms with Gasteiger partial charge in [0.25, 0.3) is 5.91 Å². The first-order chi connectivity index (χ1) is 10.5. The van der Waals surface area contributed by atoms with E-state index in [0.29, 0.717) is 34.8 Å². The fourth-order valence-corrected chi connectivity index (χ4v) is 2.20. The van der Waals surface area contributed by atoms with E-state index in [0.717, 1.165) is 12.1 Å². The molecule has 0 saturated carbocycles. The molecular weight excluding hydrogens is 304 g/mol. The minimum absolute atomic E-state index is 0.216. The van der Waals surface area contributed by atoms with Gasteiger partial charge in [-0.15, -0.1) is 0 Å². The Kier molecular flexibility index (Phi) is 5.38. The highest BCUT2D eigenvalue weighted by molar-refractivity contribution is 6.34. The monoisotopic (exact) mass is 322 g/mol. The van der Waals surface area contributed by atoms with Crippen molar-refractivity contribution in [3.63, 3.8) is 0 Å². The average molecular weight is 323 g/mol. The van der Waals surface area contributed by atoms with Crippen molar-refractivity contribution in [2.75, 3.05) is 12.4 Å². The summed E-state index contributed by atoms with van der Waals surface area (Å²) in [6, 6.07) is 5.14. The summed E-state index contributed by atoms with van der Waals surface area (Å²) in [7, 11) is 1.56. The van der Waals surface area contributed by atoms with Crippen LogP contribution < -0.4 is 10.6 Å². The van der Waals surface area contributed by atoms with E-state index in [1.54, 1.807) is 25.2 Å². The van der Waals surface area contributed by atoms with Gasteiger partial charge in [0.2, 0.25) is 5.89 Å². The number of benzene rings is 1. The van der Waals surface area contributed by atoms with Crippen molar-refractivity contribution in [3.05, 3.63) is 40.5 Å². The van der Waals surface area contributed by atoms with E-state index in [-0.39, 0.29) is 5.91 Å². The van der Waals surface area contributed by atoms with Crippen LogP contribution >= 0.6 is 11.6 Å². The zero-order valence-corrected chi connectivity index (χ0v) is 13.6. The maximum Gasteiger partial charge on any atom is 0.252 e. The number of halogens is 1. The second kappa shape index (κ2) is 7.26. The number of nitrogens with one attached hydrogen (secondary N) is 2. The number of carbonyl (C=O) groups excluding carboxylic acids is 1. The van der Waals surface area contributed by atoms with Crippen LogP contribution in [0.3, 0.4) is 0 Å². The summed E-state index contributed by atoms with van der Waals surface area (Å²) in [6.45, 7) is 4.61. The number of hydrogen-bond acceptors (Lipinski definition) is 5. The predicted molar refractivity (Wildman–Crippen MR) is 85.0 cm³/mol. The van der Waals surface area contributed by atoms with Gasteiger partial charge in [0.1, 0.15) is 0 Å². The predicted octanol–water partition coefficient (Wildman–Crippen LogP) is 2.89. The van der Waals surface area contributed by atoms with Crippen LogP contribution in [0.15, 0.2) is 22.7 Å². The Balaban J connectivity index is 1.98. The fourth-order valence-electron chi connectivity index (χ4n) is 1.93. The molecule has 2 aromatic rings. The van der Waals surface area contributed by atoms with Gasteiger partial charge in [-0.25, -0.2) is 0 Å². The van der Waals surface area contributed by atoms with E-state index in [2.05, 4.69) is 34.6 Å². The Morgan fingerprint density at radius 1 is 1.41 bits per heavy atom. The van der Waals surface area contributed by atoms with Crippen LogP contribution in [0.4, 0.5) is 5.69 Å².